The van der Waals surface area contributed by atoms with Gasteiger partial charge in [0.25, 0.3) is 0 Å². The maximum Gasteiger partial charge on any atom is 0.142 e. The van der Waals surface area contributed by atoms with Crippen LogP contribution < -0.4 is 14.6 Å². The van der Waals surface area contributed by atoms with Crippen LogP contribution in [0, 0.1) is 0 Å². The van der Waals surface area contributed by atoms with Crippen molar-refractivity contribution in [1.29, 1.82) is 0 Å². The topological polar surface area (TPSA) is 63.5 Å². The van der Waals surface area contributed by atoms with Crippen molar-refractivity contribution in [3.8, 4) is 28.4 Å². The van der Waals surface area contributed by atoms with Crippen LogP contribution >= 0.6 is 11.6 Å². The Bertz CT molecular complexity index is 947. The molecule has 6 heteroatoms. The van der Waals surface area contributed by atoms with Gasteiger partial charge in [0.15, 0.2) is 0 Å². The third-order valence-electron chi connectivity index (χ3n) is 4.31. The molecular weight excluding hydrogens is 366 g/mol. The number of aryl methyl sites for hydroxylation is 1. The number of carboxylic acid groups (broad SMARTS) is 1. The molecular formula is C21H19ClNO4-. The van der Waals surface area contributed by atoms with Gasteiger partial charge in [-0.15, -0.1) is 0 Å². The van der Waals surface area contributed by atoms with Crippen LogP contribution in [-0.2, 0) is 11.2 Å². The van der Waals surface area contributed by atoms with Gasteiger partial charge in [-0.2, -0.15) is 0 Å². The number of hydrogen-bond acceptors (Lipinski definition) is 4. The number of rotatable bonds is 7. The molecule has 3 aromatic rings. The van der Waals surface area contributed by atoms with Gasteiger partial charge in [-0.1, -0.05) is 11.6 Å². The lowest BCUT2D eigenvalue weighted by molar-refractivity contribution is -0.305. The minimum Gasteiger partial charge on any atom is -0.550 e. The Labute approximate surface area is 162 Å². The summed E-state index contributed by atoms with van der Waals surface area (Å²) < 4.78 is 12.7. The molecule has 0 aliphatic rings. The number of nitrogens with zero attached hydrogens (tertiary/aromatic N) is 1. The van der Waals surface area contributed by atoms with Crippen molar-refractivity contribution >= 4 is 17.6 Å². The summed E-state index contributed by atoms with van der Waals surface area (Å²) in [5.74, 6) is 0.307. The zero-order valence-electron chi connectivity index (χ0n) is 15.1. The Kier molecular flexibility index (Phi) is 5.72. The first-order valence-electron chi connectivity index (χ1n) is 8.42. The van der Waals surface area contributed by atoms with Crippen molar-refractivity contribution in [1.82, 2.24) is 4.57 Å². The van der Waals surface area contributed by atoms with E-state index in [-0.39, 0.29) is 6.42 Å². The summed E-state index contributed by atoms with van der Waals surface area (Å²) >= 11 is 6.22. The van der Waals surface area contributed by atoms with E-state index < -0.39 is 5.97 Å². The molecule has 0 N–H and O–H groups in total. The van der Waals surface area contributed by atoms with Crippen LogP contribution in [0.1, 0.15) is 12.1 Å². The number of aliphatic carboxylic acids is 1. The van der Waals surface area contributed by atoms with Crippen LogP contribution in [0.15, 0.2) is 54.6 Å². The Balaban J connectivity index is 2.17. The van der Waals surface area contributed by atoms with E-state index in [0.29, 0.717) is 17.2 Å². The molecule has 3 rings (SSSR count). The molecule has 0 bridgehead atoms. The minimum absolute atomic E-state index is 0.0745. The maximum absolute atomic E-state index is 11.0. The van der Waals surface area contributed by atoms with E-state index >= 15 is 0 Å². The molecule has 0 atom stereocenters. The molecule has 0 radical (unpaired) electrons. The third-order valence-corrected chi connectivity index (χ3v) is 4.55. The molecule has 5 nitrogen and oxygen atoms in total. The lowest BCUT2D eigenvalue weighted by Gasteiger charge is -2.18. The second-order valence-corrected chi connectivity index (χ2v) is 6.40. The molecule has 0 aliphatic carbocycles. The van der Waals surface area contributed by atoms with E-state index in [4.69, 9.17) is 21.1 Å². The summed E-state index contributed by atoms with van der Waals surface area (Å²) in [4.78, 5) is 11.0. The fourth-order valence-electron chi connectivity index (χ4n) is 3.01. The SMILES string of the molecule is COc1ccc(-c2ccc(CCC(=O)[O-])n2-c2cc(Cl)ccc2OC)cc1. The molecule has 0 amide bonds. The largest absolute Gasteiger partial charge is 0.550 e. The summed E-state index contributed by atoms with van der Waals surface area (Å²) in [6.07, 6.45) is 0.253. The van der Waals surface area contributed by atoms with Crippen molar-refractivity contribution in [2.75, 3.05) is 14.2 Å². The molecule has 27 heavy (non-hydrogen) atoms. The average molecular weight is 385 g/mol. The van der Waals surface area contributed by atoms with Gasteiger partial charge in [0.05, 0.1) is 25.6 Å². The monoisotopic (exact) mass is 384 g/mol. The third kappa shape index (κ3) is 4.09. The minimum atomic E-state index is -1.09. The van der Waals surface area contributed by atoms with Gasteiger partial charge < -0.3 is 23.9 Å². The summed E-state index contributed by atoms with van der Waals surface area (Å²) in [6, 6.07) is 16.9. The number of halogens is 1. The first-order chi connectivity index (χ1) is 13.0. The van der Waals surface area contributed by atoms with Gasteiger partial charge >= 0.3 is 0 Å². The lowest BCUT2D eigenvalue weighted by atomic mass is 10.1. The number of benzene rings is 2. The first kappa shape index (κ1) is 18.9. The van der Waals surface area contributed by atoms with Gasteiger partial charge in [-0.05, 0) is 73.0 Å². The van der Waals surface area contributed by atoms with Crippen molar-refractivity contribution in [2.24, 2.45) is 0 Å². The van der Waals surface area contributed by atoms with Crippen molar-refractivity contribution in [3.05, 3.63) is 65.3 Å². The highest BCUT2D eigenvalue weighted by Gasteiger charge is 2.16. The maximum atomic E-state index is 11.0. The molecule has 0 fully saturated rings. The van der Waals surface area contributed by atoms with Gasteiger partial charge in [0, 0.05) is 16.7 Å². The molecule has 140 valence electrons. The summed E-state index contributed by atoms with van der Waals surface area (Å²) in [5.41, 5.74) is 3.42. The highest BCUT2D eigenvalue weighted by molar-refractivity contribution is 6.30. The van der Waals surface area contributed by atoms with Crippen LogP contribution in [0.4, 0.5) is 0 Å². The first-order valence-corrected chi connectivity index (χ1v) is 8.80. The molecule has 1 heterocycles. The smallest absolute Gasteiger partial charge is 0.142 e. The van der Waals surface area contributed by atoms with E-state index in [2.05, 4.69) is 0 Å². The number of methoxy groups -OCH3 is 2. The molecule has 1 aromatic heterocycles. The number of carbonyl (C=O) groups excluding carboxylic acids is 1. The van der Waals surface area contributed by atoms with E-state index in [9.17, 15) is 9.90 Å². The van der Waals surface area contributed by atoms with Crippen molar-refractivity contribution < 1.29 is 19.4 Å². The summed E-state index contributed by atoms with van der Waals surface area (Å²) in [7, 11) is 3.21. The second-order valence-electron chi connectivity index (χ2n) is 5.96. The molecule has 2 aromatic carbocycles. The number of aromatic nitrogens is 1. The Morgan fingerprint density at radius 1 is 1.04 bits per heavy atom. The van der Waals surface area contributed by atoms with Crippen LogP contribution in [0.2, 0.25) is 5.02 Å². The van der Waals surface area contributed by atoms with E-state index in [1.807, 2.05) is 41.0 Å². The fourth-order valence-corrected chi connectivity index (χ4v) is 3.18. The van der Waals surface area contributed by atoms with Gasteiger partial charge in [0.2, 0.25) is 0 Å². The number of ether oxygens (including phenoxy) is 2. The Hall–Kier alpha value is -2.92. The van der Waals surface area contributed by atoms with Crippen LogP contribution in [-0.4, -0.2) is 24.8 Å². The second kappa shape index (κ2) is 8.18. The predicted octanol–water partition coefficient (Wildman–Crippen LogP) is 3.50. The summed E-state index contributed by atoms with van der Waals surface area (Å²) in [5, 5.41) is 11.5. The average Bonchev–Trinajstić information content (AvgIpc) is 3.10. The van der Waals surface area contributed by atoms with Crippen LogP contribution in [0.25, 0.3) is 16.9 Å². The van der Waals surface area contributed by atoms with Gasteiger partial charge in [-0.3, -0.25) is 0 Å². The number of carboxylic acids is 1. The lowest BCUT2D eigenvalue weighted by Crippen LogP contribution is -2.22. The molecule has 0 saturated carbocycles. The quantitative estimate of drug-likeness (QED) is 0.625. The highest BCUT2D eigenvalue weighted by atomic mass is 35.5. The zero-order chi connectivity index (χ0) is 19.4. The highest BCUT2D eigenvalue weighted by Crippen LogP contribution is 2.34. The standard InChI is InChI=1S/C21H20ClNO4/c1-26-17-8-3-14(4-9-17)18-10-6-16(7-12-21(24)25)23(18)19-13-15(22)5-11-20(19)27-2/h3-6,8-11,13H,7,12H2,1-2H3,(H,24,25)/p-1. The van der Waals surface area contributed by atoms with E-state index in [0.717, 1.165) is 28.4 Å². The van der Waals surface area contributed by atoms with E-state index in [1.54, 1.807) is 32.4 Å². The van der Waals surface area contributed by atoms with E-state index in [1.165, 1.54) is 0 Å². The molecule has 0 saturated heterocycles. The predicted molar refractivity (Wildman–Crippen MR) is 103 cm³/mol. The molecule has 0 spiro atoms. The zero-order valence-corrected chi connectivity index (χ0v) is 15.8. The molecule has 0 aliphatic heterocycles. The van der Waals surface area contributed by atoms with Crippen LogP contribution in [0.3, 0.4) is 0 Å². The number of carbonyl (C=O) groups is 1. The van der Waals surface area contributed by atoms with Crippen molar-refractivity contribution in [3.63, 3.8) is 0 Å². The Morgan fingerprint density at radius 3 is 2.41 bits per heavy atom. The number of hydrogen-bond donors (Lipinski definition) is 0. The van der Waals surface area contributed by atoms with Crippen molar-refractivity contribution in [2.45, 2.75) is 12.8 Å². The Morgan fingerprint density at radius 2 is 1.78 bits per heavy atom. The molecule has 0 unspecified atom stereocenters. The van der Waals surface area contributed by atoms with Crippen LogP contribution in [0.5, 0.6) is 11.5 Å². The summed E-state index contributed by atoms with van der Waals surface area (Å²) in [6.45, 7) is 0. The van der Waals surface area contributed by atoms with Gasteiger partial charge in [-0.25, -0.2) is 0 Å². The van der Waals surface area contributed by atoms with Gasteiger partial charge in [0.1, 0.15) is 11.5 Å². The fraction of sp³-hybridized carbons (Fsp3) is 0.190. The normalized spacial score (nSPS) is 10.6.